The summed E-state index contributed by atoms with van der Waals surface area (Å²) in [7, 11) is 4.30. The Kier molecular flexibility index (Phi) is 6.02. The summed E-state index contributed by atoms with van der Waals surface area (Å²) in [4.78, 5) is 2.30. The van der Waals surface area contributed by atoms with Gasteiger partial charge in [-0.1, -0.05) is 76.2 Å². The van der Waals surface area contributed by atoms with Crippen molar-refractivity contribution in [1.82, 2.24) is 9.38 Å². The molecule has 2 aromatic heterocycles. The molecule has 38 heavy (non-hydrogen) atoms. The Morgan fingerprint density at radius 2 is 1.50 bits per heavy atom. The first-order valence-corrected chi connectivity index (χ1v) is 13.6. The van der Waals surface area contributed by atoms with Crippen molar-refractivity contribution in [2.75, 3.05) is 7.05 Å². The maximum Gasteiger partial charge on any atom is 0.424 e. The van der Waals surface area contributed by atoms with Crippen molar-refractivity contribution in [1.29, 1.82) is 0 Å². The van der Waals surface area contributed by atoms with Crippen LogP contribution in [0.15, 0.2) is 83.5 Å². The zero-order chi connectivity index (χ0) is 26.6. The number of furan rings is 1. The third-order valence-corrected chi connectivity index (χ3v) is 7.82. The van der Waals surface area contributed by atoms with Gasteiger partial charge in [0.05, 0.1) is 7.05 Å². The highest BCUT2D eigenvalue weighted by atomic mass is 16.3. The number of aromatic nitrogens is 2. The topological polar surface area (TPSA) is 25.2 Å². The SMILES string of the molecule is CC(C)c1cc(-c2ccccc2)cc(C(C)C)c1-n1cc[n+](C)c1B1C=c2oc3ccccc3c2=CN1C. The quantitative estimate of drug-likeness (QED) is 0.254. The summed E-state index contributed by atoms with van der Waals surface area (Å²) in [6, 6.07) is 23.8. The van der Waals surface area contributed by atoms with E-state index in [0.717, 1.165) is 21.6 Å². The number of hydrogen-bond donors (Lipinski definition) is 0. The van der Waals surface area contributed by atoms with E-state index >= 15 is 0 Å². The molecule has 0 fully saturated rings. The molecule has 0 saturated carbocycles. The van der Waals surface area contributed by atoms with E-state index in [1.807, 2.05) is 12.1 Å². The highest BCUT2D eigenvalue weighted by Gasteiger charge is 2.37. The van der Waals surface area contributed by atoms with E-state index in [1.165, 1.54) is 33.7 Å². The van der Waals surface area contributed by atoms with Crippen molar-refractivity contribution in [3.63, 3.8) is 0 Å². The number of imidazole rings is 1. The Morgan fingerprint density at radius 3 is 2.18 bits per heavy atom. The summed E-state index contributed by atoms with van der Waals surface area (Å²) in [5.41, 5.74) is 9.62. The second kappa shape index (κ2) is 9.40. The third-order valence-electron chi connectivity index (χ3n) is 7.82. The van der Waals surface area contributed by atoms with Crippen LogP contribution < -0.4 is 20.9 Å². The van der Waals surface area contributed by atoms with Gasteiger partial charge in [-0.15, -0.1) is 0 Å². The Labute approximate surface area is 225 Å². The van der Waals surface area contributed by atoms with Crippen molar-refractivity contribution in [2.45, 2.75) is 39.5 Å². The molecule has 0 aliphatic carbocycles. The zero-order valence-electron chi connectivity index (χ0n) is 23.1. The van der Waals surface area contributed by atoms with E-state index in [-0.39, 0.29) is 6.85 Å². The van der Waals surface area contributed by atoms with E-state index in [1.54, 1.807) is 0 Å². The fourth-order valence-corrected chi connectivity index (χ4v) is 5.81. The van der Waals surface area contributed by atoms with Crippen LogP contribution >= 0.6 is 0 Å². The Morgan fingerprint density at radius 1 is 0.842 bits per heavy atom. The predicted molar refractivity (Wildman–Crippen MR) is 158 cm³/mol. The van der Waals surface area contributed by atoms with Crippen molar-refractivity contribution < 1.29 is 8.98 Å². The number of benzene rings is 3. The van der Waals surface area contributed by atoms with Gasteiger partial charge in [-0.05, 0) is 60.4 Å². The molecule has 3 aromatic carbocycles. The monoisotopic (exact) mass is 500 g/mol. The largest absolute Gasteiger partial charge is 0.457 e. The van der Waals surface area contributed by atoms with Gasteiger partial charge in [-0.3, -0.25) is 0 Å². The normalized spacial score (nSPS) is 13.3. The van der Waals surface area contributed by atoms with Crippen LogP contribution in [0.2, 0.25) is 0 Å². The molecular weight excluding hydrogens is 465 g/mol. The van der Waals surface area contributed by atoms with Crippen LogP contribution in [0.1, 0.15) is 50.7 Å². The Bertz CT molecular complexity index is 1730. The summed E-state index contributed by atoms with van der Waals surface area (Å²) in [5.74, 6) is 3.01. The van der Waals surface area contributed by atoms with E-state index in [0.29, 0.717) is 11.8 Å². The van der Waals surface area contributed by atoms with Crippen LogP contribution in [0.25, 0.3) is 40.0 Å². The number of hydrogen-bond acceptors (Lipinski definition) is 2. The molecule has 3 heterocycles. The van der Waals surface area contributed by atoms with Gasteiger partial charge in [0, 0.05) is 21.7 Å². The summed E-state index contributed by atoms with van der Waals surface area (Å²) < 4.78 is 11.0. The standard InChI is InChI=1S/C33H35BN3O/c1-22(2)27-18-25(24-12-8-7-9-13-24)19-28(23(3)4)32(27)37-17-16-35(5)33(37)34-20-31-29(21-36(34)6)26-14-10-11-15-30(26)38-31/h7-23H,1-6H3/q+1. The molecule has 0 amide bonds. The molecule has 1 aliphatic heterocycles. The minimum atomic E-state index is 0.0249. The molecule has 0 bridgehead atoms. The number of nitrogens with zero attached hydrogens (tertiary/aromatic N) is 3. The maximum absolute atomic E-state index is 6.31. The highest BCUT2D eigenvalue weighted by Crippen LogP contribution is 2.35. The first kappa shape index (κ1) is 24.4. The lowest BCUT2D eigenvalue weighted by Crippen LogP contribution is -2.62. The Balaban J connectivity index is 1.58. The molecule has 0 saturated heterocycles. The summed E-state index contributed by atoms with van der Waals surface area (Å²) in [6.45, 7) is 9.22. The predicted octanol–water partition coefficient (Wildman–Crippen LogP) is 4.86. The fraction of sp³-hybridized carbons (Fsp3) is 0.242. The van der Waals surface area contributed by atoms with Crippen molar-refractivity contribution in [3.05, 3.63) is 101 Å². The molecule has 5 heteroatoms. The van der Waals surface area contributed by atoms with E-state index in [9.17, 15) is 0 Å². The first-order valence-electron chi connectivity index (χ1n) is 13.6. The number of fused-ring (bicyclic) bond motifs is 3. The Hall–Kier alpha value is -3.99. The van der Waals surface area contributed by atoms with E-state index in [2.05, 4.69) is 135 Å². The minimum Gasteiger partial charge on any atom is -0.457 e. The van der Waals surface area contributed by atoms with Gasteiger partial charge in [0.1, 0.15) is 29.1 Å². The van der Waals surface area contributed by atoms with E-state index < -0.39 is 0 Å². The first-order chi connectivity index (χ1) is 18.3. The van der Waals surface area contributed by atoms with Gasteiger partial charge in [0.25, 0.3) is 0 Å². The van der Waals surface area contributed by atoms with E-state index in [4.69, 9.17) is 4.42 Å². The van der Waals surface area contributed by atoms with Gasteiger partial charge in [-0.2, -0.15) is 0 Å². The van der Waals surface area contributed by atoms with Crippen molar-refractivity contribution in [3.8, 4) is 16.8 Å². The number of rotatable bonds is 5. The summed E-state index contributed by atoms with van der Waals surface area (Å²) in [5, 5.41) is 2.31. The molecule has 4 nitrogen and oxygen atoms in total. The van der Waals surface area contributed by atoms with Crippen LogP contribution in [-0.2, 0) is 7.05 Å². The highest BCUT2D eigenvalue weighted by molar-refractivity contribution is 6.82. The van der Waals surface area contributed by atoms with Crippen molar-refractivity contribution in [2.24, 2.45) is 7.05 Å². The number of para-hydroxylation sites is 1. The lowest BCUT2D eigenvalue weighted by atomic mass is 9.58. The molecule has 6 rings (SSSR count). The number of aryl methyl sites for hydroxylation is 1. The van der Waals surface area contributed by atoms with Crippen LogP contribution in [0.4, 0.5) is 0 Å². The van der Waals surface area contributed by atoms with Crippen LogP contribution in [0.5, 0.6) is 0 Å². The lowest BCUT2D eigenvalue weighted by Gasteiger charge is -2.23. The lowest BCUT2D eigenvalue weighted by molar-refractivity contribution is -0.653. The second-order valence-electron chi connectivity index (χ2n) is 11.1. The van der Waals surface area contributed by atoms with Gasteiger partial charge >= 0.3 is 6.85 Å². The van der Waals surface area contributed by atoms with Crippen molar-refractivity contribution >= 4 is 35.7 Å². The fourth-order valence-electron chi connectivity index (χ4n) is 5.81. The smallest absolute Gasteiger partial charge is 0.424 e. The molecule has 0 unspecified atom stereocenters. The van der Waals surface area contributed by atoms with Gasteiger partial charge < -0.3 is 9.23 Å². The summed E-state index contributed by atoms with van der Waals surface area (Å²) in [6.07, 6.45) is 6.62. The molecule has 1 aliphatic rings. The zero-order valence-corrected chi connectivity index (χ0v) is 23.1. The minimum absolute atomic E-state index is 0.0249. The molecule has 190 valence electrons. The van der Waals surface area contributed by atoms with Gasteiger partial charge in [0.2, 0.25) is 5.72 Å². The van der Waals surface area contributed by atoms with Crippen LogP contribution in [0.3, 0.4) is 0 Å². The summed E-state index contributed by atoms with van der Waals surface area (Å²) >= 11 is 0. The molecule has 5 aromatic rings. The molecule has 0 atom stereocenters. The van der Waals surface area contributed by atoms with Gasteiger partial charge in [0.15, 0.2) is 0 Å². The molecule has 0 N–H and O–H groups in total. The maximum atomic E-state index is 6.31. The second-order valence-corrected chi connectivity index (χ2v) is 11.1. The van der Waals surface area contributed by atoms with Crippen LogP contribution in [-0.4, -0.2) is 23.3 Å². The molecule has 0 spiro atoms. The molecular formula is C33H35BN3O+. The average molecular weight is 500 g/mol. The van der Waals surface area contributed by atoms with Gasteiger partial charge in [-0.25, -0.2) is 9.13 Å². The third kappa shape index (κ3) is 3.98. The molecule has 0 radical (unpaired) electrons. The average Bonchev–Trinajstić information content (AvgIpc) is 3.47. The van der Waals surface area contributed by atoms with Crippen LogP contribution in [0, 0.1) is 0 Å².